The van der Waals surface area contributed by atoms with Crippen LogP contribution in [0.4, 0.5) is 0 Å². The first-order chi connectivity index (χ1) is 8.15. The molecule has 1 aromatic carbocycles. The summed E-state index contributed by atoms with van der Waals surface area (Å²) in [5.41, 5.74) is 3.14. The quantitative estimate of drug-likeness (QED) is 0.730. The first-order valence-corrected chi connectivity index (χ1v) is 6.42. The minimum Gasteiger partial charge on any atom is -0.374 e. The molecule has 2 bridgehead atoms. The smallest absolute Gasteiger partial charge is 0.168 e. The van der Waals surface area contributed by atoms with Gasteiger partial charge in [-0.25, -0.2) is 0 Å². The summed E-state index contributed by atoms with van der Waals surface area (Å²) < 4.78 is 5.78. The molecule has 90 valence electrons. The van der Waals surface area contributed by atoms with Gasteiger partial charge < -0.3 is 4.74 Å². The SMILES string of the molecule is Cc1ccc(C)c(C(=O)C2CC3CCC2O3)c1. The lowest BCUT2D eigenvalue weighted by atomic mass is 9.82. The molecule has 3 unspecified atom stereocenters. The number of Topliss-reactive ketones (excluding diaryl/α,β-unsaturated/α-hetero) is 1. The van der Waals surface area contributed by atoms with Crippen molar-refractivity contribution in [3.63, 3.8) is 0 Å². The summed E-state index contributed by atoms with van der Waals surface area (Å²) in [6.45, 7) is 4.05. The number of ketones is 1. The third-order valence-corrected chi connectivity index (χ3v) is 4.10. The van der Waals surface area contributed by atoms with E-state index in [0.29, 0.717) is 11.9 Å². The molecular formula is C15H18O2. The van der Waals surface area contributed by atoms with Gasteiger partial charge in [0.1, 0.15) is 0 Å². The third kappa shape index (κ3) is 1.81. The second-order valence-electron chi connectivity index (χ2n) is 5.40. The third-order valence-electron chi connectivity index (χ3n) is 4.10. The van der Waals surface area contributed by atoms with Crippen molar-refractivity contribution in [2.45, 2.75) is 45.3 Å². The normalized spacial score (nSPS) is 30.8. The molecule has 0 N–H and O–H groups in total. The van der Waals surface area contributed by atoms with Crippen LogP contribution in [0, 0.1) is 19.8 Å². The average molecular weight is 230 g/mol. The Morgan fingerprint density at radius 3 is 2.76 bits per heavy atom. The van der Waals surface area contributed by atoms with Gasteiger partial charge in [0.05, 0.1) is 18.1 Å². The standard InChI is InChI=1S/C15H18O2/c1-9-3-4-10(2)12(7-9)15(16)13-8-11-5-6-14(13)17-11/h3-4,7,11,13-14H,5-6,8H2,1-2H3. The summed E-state index contributed by atoms with van der Waals surface area (Å²) >= 11 is 0. The van der Waals surface area contributed by atoms with Gasteiger partial charge in [0.15, 0.2) is 5.78 Å². The molecule has 0 spiro atoms. The van der Waals surface area contributed by atoms with Crippen molar-refractivity contribution in [2.24, 2.45) is 5.92 Å². The number of hydrogen-bond acceptors (Lipinski definition) is 2. The lowest BCUT2D eigenvalue weighted by Gasteiger charge is -2.18. The van der Waals surface area contributed by atoms with E-state index in [1.54, 1.807) is 0 Å². The van der Waals surface area contributed by atoms with Crippen molar-refractivity contribution >= 4 is 5.78 Å². The van der Waals surface area contributed by atoms with Gasteiger partial charge in [0, 0.05) is 5.56 Å². The Morgan fingerprint density at radius 1 is 1.29 bits per heavy atom. The minimum atomic E-state index is 0.106. The molecule has 2 fully saturated rings. The summed E-state index contributed by atoms with van der Waals surface area (Å²) in [6.07, 6.45) is 3.66. The van der Waals surface area contributed by atoms with Gasteiger partial charge in [0.25, 0.3) is 0 Å². The number of carbonyl (C=O) groups excluding carboxylic acids is 1. The van der Waals surface area contributed by atoms with Crippen LogP contribution in [-0.4, -0.2) is 18.0 Å². The van der Waals surface area contributed by atoms with Crippen molar-refractivity contribution in [3.05, 3.63) is 34.9 Å². The van der Waals surface area contributed by atoms with Gasteiger partial charge in [-0.1, -0.05) is 17.7 Å². The molecule has 0 aromatic heterocycles. The summed E-state index contributed by atoms with van der Waals surface area (Å²) in [5, 5.41) is 0. The van der Waals surface area contributed by atoms with Crippen LogP contribution >= 0.6 is 0 Å². The van der Waals surface area contributed by atoms with Gasteiger partial charge in [-0.15, -0.1) is 0 Å². The maximum atomic E-state index is 12.5. The lowest BCUT2D eigenvalue weighted by molar-refractivity contribution is 0.0743. The summed E-state index contributed by atoms with van der Waals surface area (Å²) in [4.78, 5) is 12.5. The zero-order valence-electron chi connectivity index (χ0n) is 10.4. The molecule has 2 nitrogen and oxygen atoms in total. The van der Waals surface area contributed by atoms with Crippen LogP contribution in [0.3, 0.4) is 0 Å². The molecule has 0 radical (unpaired) electrons. The first-order valence-electron chi connectivity index (χ1n) is 6.42. The largest absolute Gasteiger partial charge is 0.374 e. The number of rotatable bonds is 2. The van der Waals surface area contributed by atoms with E-state index in [4.69, 9.17) is 4.74 Å². The first kappa shape index (κ1) is 11.0. The maximum absolute atomic E-state index is 12.5. The van der Waals surface area contributed by atoms with E-state index in [9.17, 15) is 4.79 Å². The van der Waals surface area contributed by atoms with Crippen molar-refractivity contribution in [3.8, 4) is 0 Å². The number of fused-ring (bicyclic) bond motifs is 2. The monoisotopic (exact) mass is 230 g/mol. The van der Waals surface area contributed by atoms with E-state index in [-0.39, 0.29) is 12.0 Å². The fourth-order valence-electron chi connectivity index (χ4n) is 3.11. The van der Waals surface area contributed by atoms with E-state index >= 15 is 0 Å². The Kier molecular flexibility index (Phi) is 2.55. The van der Waals surface area contributed by atoms with Crippen LogP contribution in [0.1, 0.15) is 40.7 Å². The highest BCUT2D eigenvalue weighted by Crippen LogP contribution is 2.40. The van der Waals surface area contributed by atoms with Crippen LogP contribution < -0.4 is 0 Å². The Bertz CT molecular complexity index is 464. The van der Waals surface area contributed by atoms with Crippen LogP contribution in [0.2, 0.25) is 0 Å². The van der Waals surface area contributed by atoms with Crippen molar-refractivity contribution in [1.29, 1.82) is 0 Å². The zero-order valence-corrected chi connectivity index (χ0v) is 10.4. The fraction of sp³-hybridized carbons (Fsp3) is 0.533. The molecule has 2 heteroatoms. The second kappa shape index (κ2) is 3.95. The van der Waals surface area contributed by atoms with Gasteiger partial charge in [-0.05, 0) is 44.7 Å². The van der Waals surface area contributed by atoms with Gasteiger partial charge in [-0.2, -0.15) is 0 Å². The van der Waals surface area contributed by atoms with Gasteiger partial charge in [0.2, 0.25) is 0 Å². The predicted molar refractivity (Wildman–Crippen MR) is 66.2 cm³/mol. The van der Waals surface area contributed by atoms with Crippen LogP contribution in [-0.2, 0) is 4.74 Å². The molecule has 17 heavy (non-hydrogen) atoms. The molecular weight excluding hydrogens is 212 g/mol. The van der Waals surface area contributed by atoms with Crippen LogP contribution in [0.5, 0.6) is 0 Å². The summed E-state index contributed by atoms with van der Waals surface area (Å²) in [6, 6.07) is 6.11. The Balaban J connectivity index is 1.89. The molecule has 0 saturated carbocycles. The molecule has 2 aliphatic rings. The van der Waals surface area contributed by atoms with E-state index in [2.05, 4.69) is 6.07 Å². The molecule has 3 rings (SSSR count). The summed E-state index contributed by atoms with van der Waals surface area (Å²) in [5.74, 6) is 0.396. The number of ether oxygens (including phenoxy) is 1. The fourth-order valence-corrected chi connectivity index (χ4v) is 3.11. The number of hydrogen-bond donors (Lipinski definition) is 0. The summed E-state index contributed by atoms with van der Waals surface area (Å²) in [7, 11) is 0. The highest BCUT2D eigenvalue weighted by molar-refractivity contribution is 5.99. The molecule has 2 aliphatic heterocycles. The van der Waals surface area contributed by atoms with Crippen molar-refractivity contribution in [1.82, 2.24) is 0 Å². The maximum Gasteiger partial charge on any atom is 0.168 e. The number of carbonyl (C=O) groups is 1. The highest BCUT2D eigenvalue weighted by atomic mass is 16.5. The van der Waals surface area contributed by atoms with Crippen LogP contribution in [0.15, 0.2) is 18.2 Å². The molecule has 1 aromatic rings. The van der Waals surface area contributed by atoms with Gasteiger partial charge >= 0.3 is 0 Å². The van der Waals surface area contributed by atoms with Crippen LogP contribution in [0.25, 0.3) is 0 Å². The number of benzene rings is 1. The molecule has 2 saturated heterocycles. The minimum absolute atomic E-state index is 0.106. The van der Waals surface area contributed by atoms with E-state index in [1.165, 1.54) is 0 Å². The van der Waals surface area contributed by atoms with E-state index < -0.39 is 0 Å². The average Bonchev–Trinajstić information content (AvgIpc) is 2.93. The second-order valence-corrected chi connectivity index (χ2v) is 5.40. The predicted octanol–water partition coefficient (Wildman–Crippen LogP) is 3.05. The van der Waals surface area contributed by atoms with E-state index in [0.717, 1.165) is 36.0 Å². The lowest BCUT2D eigenvalue weighted by Crippen LogP contribution is -2.26. The van der Waals surface area contributed by atoms with Crippen molar-refractivity contribution < 1.29 is 9.53 Å². The molecule has 0 aliphatic carbocycles. The van der Waals surface area contributed by atoms with E-state index in [1.807, 2.05) is 26.0 Å². The van der Waals surface area contributed by atoms with Gasteiger partial charge in [-0.3, -0.25) is 4.79 Å². The molecule has 0 amide bonds. The molecule has 2 heterocycles. The molecule has 3 atom stereocenters. The Hall–Kier alpha value is -1.15. The Morgan fingerprint density at radius 2 is 2.12 bits per heavy atom. The topological polar surface area (TPSA) is 26.3 Å². The van der Waals surface area contributed by atoms with Crippen molar-refractivity contribution in [2.75, 3.05) is 0 Å². The Labute approximate surface area is 102 Å². The highest BCUT2D eigenvalue weighted by Gasteiger charge is 2.44. The number of aryl methyl sites for hydroxylation is 2. The zero-order chi connectivity index (χ0) is 12.0.